The van der Waals surface area contributed by atoms with Crippen molar-refractivity contribution < 1.29 is 9.32 Å². The van der Waals surface area contributed by atoms with E-state index in [1.165, 1.54) is 6.26 Å². The number of anilines is 2. The number of halogens is 1. The maximum atomic E-state index is 12.0. The van der Waals surface area contributed by atoms with E-state index in [-0.39, 0.29) is 5.91 Å². The van der Waals surface area contributed by atoms with Gasteiger partial charge < -0.3 is 15.2 Å². The van der Waals surface area contributed by atoms with Crippen LogP contribution in [0.25, 0.3) is 0 Å². The molecule has 5 nitrogen and oxygen atoms in total. The Morgan fingerprint density at radius 2 is 2.24 bits per heavy atom. The number of hydrogen-bond acceptors (Lipinski definition) is 4. The zero-order valence-electron chi connectivity index (χ0n) is 9.03. The van der Waals surface area contributed by atoms with E-state index in [1.54, 1.807) is 31.3 Å². The third-order valence-electron chi connectivity index (χ3n) is 2.18. The minimum atomic E-state index is -0.300. The summed E-state index contributed by atoms with van der Waals surface area (Å²) in [4.78, 5) is 12.0. The van der Waals surface area contributed by atoms with Crippen LogP contribution in [0.5, 0.6) is 0 Å². The van der Waals surface area contributed by atoms with Gasteiger partial charge in [-0.15, -0.1) is 0 Å². The number of hydrogen-bond donors (Lipinski definition) is 2. The third-order valence-corrected chi connectivity index (χ3v) is 2.41. The third kappa shape index (κ3) is 2.57. The van der Waals surface area contributed by atoms with Gasteiger partial charge >= 0.3 is 0 Å². The normalized spacial score (nSPS) is 10.0. The molecule has 1 aromatic carbocycles. The first-order chi connectivity index (χ1) is 8.20. The Balaban J connectivity index is 2.26. The average Bonchev–Trinajstić information content (AvgIpc) is 2.81. The van der Waals surface area contributed by atoms with Gasteiger partial charge in [-0.3, -0.25) is 4.79 Å². The van der Waals surface area contributed by atoms with Crippen molar-refractivity contribution >= 4 is 29.0 Å². The summed E-state index contributed by atoms with van der Waals surface area (Å²) >= 11 is 5.86. The van der Waals surface area contributed by atoms with Crippen LogP contribution in [-0.4, -0.2) is 18.1 Å². The van der Waals surface area contributed by atoms with Crippen molar-refractivity contribution in [1.82, 2.24) is 5.16 Å². The quantitative estimate of drug-likeness (QED) is 0.880. The number of nitrogens with zero attached hydrogens (tertiary/aromatic N) is 1. The van der Waals surface area contributed by atoms with Crippen molar-refractivity contribution in [2.45, 2.75) is 0 Å². The van der Waals surface area contributed by atoms with E-state index in [0.29, 0.717) is 22.1 Å². The van der Waals surface area contributed by atoms with Gasteiger partial charge in [-0.25, -0.2) is 0 Å². The van der Waals surface area contributed by atoms with Gasteiger partial charge in [0.15, 0.2) is 5.82 Å². The van der Waals surface area contributed by atoms with Gasteiger partial charge in [-0.05, 0) is 18.2 Å². The number of rotatable bonds is 3. The second kappa shape index (κ2) is 4.88. The van der Waals surface area contributed by atoms with E-state index < -0.39 is 0 Å². The molecule has 0 unspecified atom stereocenters. The fourth-order valence-electron chi connectivity index (χ4n) is 1.38. The highest BCUT2D eigenvalue weighted by molar-refractivity contribution is 6.31. The van der Waals surface area contributed by atoms with Crippen LogP contribution in [-0.2, 0) is 0 Å². The van der Waals surface area contributed by atoms with Crippen LogP contribution in [0.3, 0.4) is 0 Å². The molecule has 1 amide bonds. The molecular formula is C11H10ClN3O2. The molecule has 0 spiro atoms. The molecule has 0 aliphatic heterocycles. The minimum Gasteiger partial charge on any atom is -0.387 e. The van der Waals surface area contributed by atoms with Crippen molar-refractivity contribution in [2.24, 2.45) is 0 Å². The molecule has 1 aromatic heterocycles. The summed E-state index contributed by atoms with van der Waals surface area (Å²) in [6.45, 7) is 0. The van der Waals surface area contributed by atoms with Crippen LogP contribution in [0.4, 0.5) is 11.5 Å². The largest absolute Gasteiger partial charge is 0.387 e. The standard InChI is InChI=1S/C11H10ClN3O2/c1-13-9-3-2-7(12)6-8(9)11(16)14-10-4-5-17-15-10/h2-6,13H,1H3,(H,14,15,16). The molecule has 0 bridgehead atoms. The van der Waals surface area contributed by atoms with E-state index in [4.69, 9.17) is 11.6 Å². The van der Waals surface area contributed by atoms with Crippen molar-refractivity contribution in [3.05, 3.63) is 41.1 Å². The Morgan fingerprint density at radius 3 is 2.88 bits per heavy atom. The van der Waals surface area contributed by atoms with Gasteiger partial charge in [0.05, 0.1) is 5.56 Å². The van der Waals surface area contributed by atoms with Crippen LogP contribution in [0.15, 0.2) is 35.1 Å². The lowest BCUT2D eigenvalue weighted by Gasteiger charge is -2.08. The first-order valence-electron chi connectivity index (χ1n) is 4.90. The van der Waals surface area contributed by atoms with Crippen LogP contribution < -0.4 is 10.6 Å². The molecule has 0 atom stereocenters. The second-order valence-electron chi connectivity index (χ2n) is 3.28. The molecule has 0 fully saturated rings. The first kappa shape index (κ1) is 11.5. The molecule has 6 heteroatoms. The highest BCUT2D eigenvalue weighted by Gasteiger charge is 2.12. The van der Waals surface area contributed by atoms with Gasteiger partial charge in [-0.1, -0.05) is 16.8 Å². The Hall–Kier alpha value is -2.01. The summed E-state index contributed by atoms with van der Waals surface area (Å²) < 4.78 is 4.63. The molecule has 2 N–H and O–H groups in total. The Bertz CT molecular complexity index is 526. The molecule has 0 radical (unpaired) electrons. The fraction of sp³-hybridized carbons (Fsp3) is 0.0909. The molecule has 0 saturated carbocycles. The van der Waals surface area contributed by atoms with Gasteiger partial charge in [0.1, 0.15) is 6.26 Å². The molecule has 17 heavy (non-hydrogen) atoms. The first-order valence-corrected chi connectivity index (χ1v) is 5.27. The number of aromatic nitrogens is 1. The summed E-state index contributed by atoms with van der Waals surface area (Å²) in [5, 5.41) is 9.61. The van der Waals surface area contributed by atoms with Gasteiger partial charge in [0.2, 0.25) is 0 Å². The summed E-state index contributed by atoms with van der Waals surface area (Å²) in [5.74, 6) is 0.0581. The minimum absolute atomic E-state index is 0.300. The van der Waals surface area contributed by atoms with E-state index in [2.05, 4.69) is 20.3 Å². The molecule has 1 heterocycles. The molecular weight excluding hydrogens is 242 g/mol. The smallest absolute Gasteiger partial charge is 0.259 e. The van der Waals surface area contributed by atoms with Gasteiger partial charge in [0.25, 0.3) is 5.91 Å². The molecule has 2 rings (SSSR count). The molecule has 0 aliphatic carbocycles. The number of benzene rings is 1. The lowest BCUT2D eigenvalue weighted by molar-refractivity contribution is 0.102. The Kier molecular flexibility index (Phi) is 3.30. The average molecular weight is 252 g/mol. The molecule has 0 aliphatic rings. The fourth-order valence-corrected chi connectivity index (χ4v) is 1.56. The molecule has 88 valence electrons. The van der Waals surface area contributed by atoms with E-state index in [9.17, 15) is 4.79 Å². The Morgan fingerprint density at radius 1 is 1.41 bits per heavy atom. The van der Waals surface area contributed by atoms with E-state index >= 15 is 0 Å². The SMILES string of the molecule is CNc1ccc(Cl)cc1C(=O)Nc1ccon1. The van der Waals surface area contributed by atoms with Gasteiger partial charge in [0, 0.05) is 23.8 Å². The predicted octanol–water partition coefficient (Wildman–Crippen LogP) is 2.62. The van der Waals surface area contributed by atoms with E-state index in [1.807, 2.05) is 0 Å². The van der Waals surface area contributed by atoms with E-state index in [0.717, 1.165) is 0 Å². The van der Waals surface area contributed by atoms with Crippen LogP contribution in [0, 0.1) is 0 Å². The topological polar surface area (TPSA) is 67.2 Å². The lowest BCUT2D eigenvalue weighted by atomic mass is 10.1. The monoisotopic (exact) mass is 251 g/mol. The number of nitrogens with one attached hydrogen (secondary N) is 2. The Labute approximate surface area is 103 Å². The van der Waals surface area contributed by atoms with Crippen LogP contribution in [0.2, 0.25) is 5.02 Å². The highest BCUT2D eigenvalue weighted by atomic mass is 35.5. The summed E-state index contributed by atoms with van der Waals surface area (Å²) in [6.07, 6.45) is 1.38. The van der Waals surface area contributed by atoms with Crippen molar-refractivity contribution in [3.63, 3.8) is 0 Å². The molecule has 0 saturated heterocycles. The number of carbonyl (C=O) groups is 1. The summed E-state index contributed by atoms with van der Waals surface area (Å²) in [7, 11) is 1.73. The highest BCUT2D eigenvalue weighted by Crippen LogP contribution is 2.21. The molecule has 2 aromatic rings. The predicted molar refractivity (Wildman–Crippen MR) is 65.5 cm³/mol. The number of carbonyl (C=O) groups excluding carboxylic acids is 1. The lowest BCUT2D eigenvalue weighted by Crippen LogP contribution is -2.14. The number of amides is 1. The zero-order valence-corrected chi connectivity index (χ0v) is 9.78. The van der Waals surface area contributed by atoms with Crippen molar-refractivity contribution in [2.75, 3.05) is 17.7 Å². The van der Waals surface area contributed by atoms with Crippen molar-refractivity contribution in [1.29, 1.82) is 0 Å². The maximum Gasteiger partial charge on any atom is 0.259 e. The van der Waals surface area contributed by atoms with Gasteiger partial charge in [-0.2, -0.15) is 0 Å². The van der Waals surface area contributed by atoms with Crippen molar-refractivity contribution in [3.8, 4) is 0 Å². The maximum absolute atomic E-state index is 12.0. The zero-order chi connectivity index (χ0) is 12.3. The van der Waals surface area contributed by atoms with Crippen LogP contribution >= 0.6 is 11.6 Å². The summed E-state index contributed by atoms with van der Waals surface area (Å²) in [6, 6.07) is 6.59. The summed E-state index contributed by atoms with van der Waals surface area (Å²) in [5.41, 5.74) is 1.14. The van der Waals surface area contributed by atoms with Crippen LogP contribution in [0.1, 0.15) is 10.4 Å². The second-order valence-corrected chi connectivity index (χ2v) is 3.72.